The van der Waals surface area contributed by atoms with Crippen molar-refractivity contribution in [2.24, 2.45) is 5.92 Å². The Kier molecular flexibility index (Phi) is 4.85. The molecule has 0 saturated carbocycles. The number of hydrogen-bond acceptors (Lipinski definition) is 5. The number of imidazole rings is 1. The van der Waals surface area contributed by atoms with Crippen LogP contribution < -0.4 is 0 Å². The number of aromatic nitrogens is 3. The lowest BCUT2D eigenvalue weighted by Crippen LogP contribution is -2.38. The van der Waals surface area contributed by atoms with Crippen molar-refractivity contribution < 1.29 is 14.7 Å². The third kappa shape index (κ3) is 3.77. The van der Waals surface area contributed by atoms with Gasteiger partial charge in [-0.05, 0) is 11.6 Å². The number of aliphatic carboxylic acids is 1. The second kappa shape index (κ2) is 7.22. The second-order valence-electron chi connectivity index (χ2n) is 5.82. The molecule has 126 valence electrons. The second-order valence-corrected chi connectivity index (χ2v) is 5.82. The highest BCUT2D eigenvalue weighted by molar-refractivity contribution is 5.90. The summed E-state index contributed by atoms with van der Waals surface area (Å²) in [5, 5.41) is 9.48. The van der Waals surface area contributed by atoms with Crippen molar-refractivity contribution in [1.29, 1.82) is 0 Å². The molecule has 1 amide bonds. The van der Waals surface area contributed by atoms with Gasteiger partial charge in [0.15, 0.2) is 5.82 Å². The normalized spacial score (nSPS) is 19.0. The Morgan fingerprint density at radius 3 is 2.83 bits per heavy atom. The van der Waals surface area contributed by atoms with Crippen LogP contribution in [0.4, 0.5) is 0 Å². The number of nitrogens with zero attached hydrogens (tertiary/aromatic N) is 4. The lowest BCUT2D eigenvalue weighted by Gasteiger charge is -2.21. The van der Waals surface area contributed by atoms with Gasteiger partial charge in [-0.2, -0.15) is 0 Å². The molecule has 0 aromatic carbocycles. The molecule has 3 heterocycles. The summed E-state index contributed by atoms with van der Waals surface area (Å²) >= 11 is 0. The first-order chi connectivity index (χ1) is 11.6. The number of nitrogens with one attached hydrogen (secondary N) is 1. The van der Waals surface area contributed by atoms with Crippen molar-refractivity contribution in [3.8, 4) is 0 Å². The third-order valence-corrected chi connectivity index (χ3v) is 4.07. The minimum Gasteiger partial charge on any atom is -0.481 e. The molecule has 1 saturated heterocycles. The molecule has 2 aromatic rings. The van der Waals surface area contributed by atoms with E-state index in [0.29, 0.717) is 26.2 Å². The molecule has 0 radical (unpaired) electrons. The molecule has 0 bridgehead atoms. The number of carboxylic acids is 1. The van der Waals surface area contributed by atoms with Crippen LogP contribution in [0, 0.1) is 5.92 Å². The summed E-state index contributed by atoms with van der Waals surface area (Å²) in [6.07, 6.45) is 6.56. The standard InChI is InChI=1S/C16H19N5O3/c22-15(14-18-4-5-19-14)21-7-6-20(10-13(11-21)16(23)24)9-12-2-1-3-17-8-12/h1-5,8,13H,6-7,9-11H2,(H,18,19)(H,23,24)/t13-/m0/s1. The Hall–Kier alpha value is -2.74. The zero-order valence-corrected chi connectivity index (χ0v) is 13.1. The maximum absolute atomic E-state index is 12.5. The summed E-state index contributed by atoms with van der Waals surface area (Å²) in [5.41, 5.74) is 1.02. The summed E-state index contributed by atoms with van der Waals surface area (Å²) in [6.45, 7) is 2.25. The lowest BCUT2D eigenvalue weighted by atomic mass is 10.1. The van der Waals surface area contributed by atoms with Crippen molar-refractivity contribution in [1.82, 2.24) is 24.8 Å². The number of aromatic amines is 1. The SMILES string of the molecule is O=C(O)[C@H]1CN(Cc2cccnc2)CCN(C(=O)c2ncc[nH]2)C1. The van der Waals surface area contributed by atoms with E-state index in [0.717, 1.165) is 5.56 Å². The predicted octanol–water partition coefficient (Wildman–Crippen LogP) is 0.464. The van der Waals surface area contributed by atoms with Gasteiger partial charge in [0, 0.05) is 57.5 Å². The number of H-pyrrole nitrogens is 1. The van der Waals surface area contributed by atoms with Crippen LogP contribution in [0.2, 0.25) is 0 Å². The Morgan fingerprint density at radius 1 is 1.29 bits per heavy atom. The molecular weight excluding hydrogens is 310 g/mol. The largest absolute Gasteiger partial charge is 0.481 e. The van der Waals surface area contributed by atoms with Gasteiger partial charge in [-0.15, -0.1) is 0 Å². The number of pyridine rings is 1. The van der Waals surface area contributed by atoms with Gasteiger partial charge in [-0.3, -0.25) is 19.5 Å². The summed E-state index contributed by atoms with van der Waals surface area (Å²) in [5.74, 6) is -1.57. The first-order valence-corrected chi connectivity index (χ1v) is 7.76. The van der Waals surface area contributed by atoms with Gasteiger partial charge in [0.2, 0.25) is 0 Å². The van der Waals surface area contributed by atoms with E-state index in [1.807, 2.05) is 17.0 Å². The number of carboxylic acid groups (broad SMARTS) is 1. The Morgan fingerprint density at radius 2 is 2.17 bits per heavy atom. The van der Waals surface area contributed by atoms with Gasteiger partial charge in [0.1, 0.15) is 0 Å². The molecule has 1 aliphatic rings. The molecule has 3 rings (SSSR count). The smallest absolute Gasteiger partial charge is 0.309 e. The van der Waals surface area contributed by atoms with Crippen LogP contribution in [-0.4, -0.2) is 67.9 Å². The van der Waals surface area contributed by atoms with Crippen LogP contribution in [0.1, 0.15) is 16.2 Å². The number of hydrogen-bond donors (Lipinski definition) is 2. The first kappa shape index (κ1) is 16.1. The van der Waals surface area contributed by atoms with E-state index in [4.69, 9.17) is 0 Å². The van der Waals surface area contributed by atoms with Crippen LogP contribution in [0.5, 0.6) is 0 Å². The van der Waals surface area contributed by atoms with Crippen LogP contribution in [0.25, 0.3) is 0 Å². The van der Waals surface area contributed by atoms with Gasteiger partial charge >= 0.3 is 5.97 Å². The number of amides is 1. The van der Waals surface area contributed by atoms with E-state index in [-0.39, 0.29) is 18.3 Å². The van der Waals surface area contributed by atoms with Crippen molar-refractivity contribution in [3.63, 3.8) is 0 Å². The Bertz CT molecular complexity index is 689. The van der Waals surface area contributed by atoms with Gasteiger partial charge in [-0.25, -0.2) is 4.98 Å². The van der Waals surface area contributed by atoms with Crippen LogP contribution in [0.3, 0.4) is 0 Å². The summed E-state index contributed by atoms with van der Waals surface area (Å²) in [7, 11) is 0. The van der Waals surface area contributed by atoms with Crippen molar-refractivity contribution >= 4 is 11.9 Å². The quantitative estimate of drug-likeness (QED) is 0.845. The summed E-state index contributed by atoms with van der Waals surface area (Å²) in [6, 6.07) is 3.81. The molecule has 0 aliphatic carbocycles. The molecule has 1 aliphatic heterocycles. The topological polar surface area (TPSA) is 102 Å². The zero-order chi connectivity index (χ0) is 16.9. The lowest BCUT2D eigenvalue weighted by molar-refractivity contribution is -0.142. The maximum Gasteiger partial charge on any atom is 0.309 e. The average Bonchev–Trinajstić information content (AvgIpc) is 3.03. The van der Waals surface area contributed by atoms with Crippen molar-refractivity contribution in [2.45, 2.75) is 6.54 Å². The minimum absolute atomic E-state index is 0.179. The highest BCUT2D eigenvalue weighted by atomic mass is 16.4. The molecule has 2 N–H and O–H groups in total. The fraction of sp³-hybridized carbons (Fsp3) is 0.375. The van der Waals surface area contributed by atoms with Crippen LogP contribution in [-0.2, 0) is 11.3 Å². The van der Waals surface area contributed by atoms with Crippen LogP contribution >= 0.6 is 0 Å². The molecule has 1 fully saturated rings. The molecule has 0 spiro atoms. The van der Waals surface area contributed by atoms with E-state index in [1.54, 1.807) is 23.5 Å². The van der Waals surface area contributed by atoms with E-state index >= 15 is 0 Å². The summed E-state index contributed by atoms with van der Waals surface area (Å²) < 4.78 is 0. The van der Waals surface area contributed by atoms with Gasteiger partial charge < -0.3 is 15.0 Å². The fourth-order valence-electron chi connectivity index (χ4n) is 2.85. The molecule has 8 heteroatoms. The fourth-order valence-corrected chi connectivity index (χ4v) is 2.85. The van der Waals surface area contributed by atoms with E-state index in [9.17, 15) is 14.7 Å². The highest BCUT2D eigenvalue weighted by Crippen LogP contribution is 2.14. The van der Waals surface area contributed by atoms with E-state index in [2.05, 4.69) is 15.0 Å². The third-order valence-electron chi connectivity index (χ3n) is 4.07. The molecule has 8 nitrogen and oxygen atoms in total. The van der Waals surface area contributed by atoms with Gasteiger partial charge in [-0.1, -0.05) is 6.07 Å². The number of carbonyl (C=O) groups excluding carboxylic acids is 1. The van der Waals surface area contributed by atoms with E-state index in [1.165, 1.54) is 6.20 Å². The molecule has 24 heavy (non-hydrogen) atoms. The first-order valence-electron chi connectivity index (χ1n) is 7.76. The number of rotatable bonds is 4. The van der Waals surface area contributed by atoms with Crippen LogP contribution in [0.15, 0.2) is 36.9 Å². The predicted molar refractivity (Wildman–Crippen MR) is 85.1 cm³/mol. The maximum atomic E-state index is 12.5. The molecular formula is C16H19N5O3. The molecule has 1 atom stereocenters. The van der Waals surface area contributed by atoms with E-state index < -0.39 is 11.9 Å². The Labute approximate surface area is 139 Å². The minimum atomic E-state index is -0.898. The highest BCUT2D eigenvalue weighted by Gasteiger charge is 2.31. The van der Waals surface area contributed by atoms with Crippen molar-refractivity contribution in [2.75, 3.05) is 26.2 Å². The zero-order valence-electron chi connectivity index (χ0n) is 13.1. The molecule has 2 aromatic heterocycles. The van der Waals surface area contributed by atoms with Crippen molar-refractivity contribution in [3.05, 3.63) is 48.3 Å². The van der Waals surface area contributed by atoms with Gasteiger partial charge in [0.25, 0.3) is 5.91 Å². The molecule has 0 unspecified atom stereocenters. The Balaban J connectivity index is 1.72. The average molecular weight is 329 g/mol. The number of carbonyl (C=O) groups is 2. The summed E-state index contributed by atoms with van der Waals surface area (Å²) in [4.78, 5) is 38.4. The monoisotopic (exact) mass is 329 g/mol. The van der Waals surface area contributed by atoms with Gasteiger partial charge in [0.05, 0.1) is 5.92 Å².